The van der Waals surface area contributed by atoms with Gasteiger partial charge in [0, 0.05) is 24.8 Å². The van der Waals surface area contributed by atoms with Gasteiger partial charge in [0.2, 0.25) is 0 Å². The van der Waals surface area contributed by atoms with Crippen molar-refractivity contribution in [3.63, 3.8) is 0 Å². The molecule has 16 heavy (non-hydrogen) atoms. The molecular weight excluding hydrogens is 196 g/mol. The van der Waals surface area contributed by atoms with Crippen LogP contribution in [0.25, 0.3) is 0 Å². The molecule has 2 heteroatoms. The maximum absolute atomic E-state index is 5.70. The molecule has 0 fully saturated rings. The first-order valence-electron chi connectivity index (χ1n) is 6.02. The van der Waals surface area contributed by atoms with Crippen molar-refractivity contribution in [1.29, 1.82) is 0 Å². The molecule has 0 aliphatic carbocycles. The Morgan fingerprint density at radius 2 is 2.12 bits per heavy atom. The number of hydrogen-bond donors (Lipinski definition) is 1. The van der Waals surface area contributed by atoms with Crippen LogP contribution in [0.5, 0.6) is 0 Å². The van der Waals surface area contributed by atoms with E-state index >= 15 is 0 Å². The number of hydrogen-bond acceptors (Lipinski definition) is 2. The Balaban J connectivity index is 2.50. The smallest absolute Gasteiger partial charge is 0.0403 e. The zero-order valence-electron chi connectivity index (χ0n) is 10.7. The first-order chi connectivity index (χ1) is 7.45. The van der Waals surface area contributed by atoms with Crippen LogP contribution in [0.3, 0.4) is 0 Å². The molecule has 1 aromatic rings. The molecule has 0 radical (unpaired) electrons. The number of anilines is 1. The predicted molar refractivity (Wildman–Crippen MR) is 69.8 cm³/mol. The third kappa shape index (κ3) is 1.71. The summed E-state index contributed by atoms with van der Waals surface area (Å²) in [5.74, 6) is 0.618. The van der Waals surface area contributed by atoms with Gasteiger partial charge in [0.05, 0.1) is 0 Å². The van der Waals surface area contributed by atoms with Crippen molar-refractivity contribution in [3.05, 3.63) is 29.3 Å². The Hall–Kier alpha value is -1.02. The first-order valence-corrected chi connectivity index (χ1v) is 6.02. The van der Waals surface area contributed by atoms with Gasteiger partial charge in [-0.1, -0.05) is 19.1 Å². The van der Waals surface area contributed by atoms with Crippen LogP contribution in [0.4, 0.5) is 5.69 Å². The van der Waals surface area contributed by atoms with Crippen molar-refractivity contribution >= 4 is 5.69 Å². The van der Waals surface area contributed by atoms with Crippen LogP contribution in [0.1, 0.15) is 44.2 Å². The van der Waals surface area contributed by atoms with Crippen molar-refractivity contribution in [2.75, 3.05) is 11.9 Å². The highest BCUT2D eigenvalue weighted by atomic mass is 15.2. The molecule has 0 spiro atoms. The fourth-order valence-corrected chi connectivity index (χ4v) is 2.75. The summed E-state index contributed by atoms with van der Waals surface area (Å²) in [7, 11) is 2.19. The summed E-state index contributed by atoms with van der Waals surface area (Å²) >= 11 is 0. The second-order valence-electron chi connectivity index (χ2n) is 5.57. The van der Waals surface area contributed by atoms with Crippen LogP contribution in [-0.4, -0.2) is 12.6 Å². The fourth-order valence-electron chi connectivity index (χ4n) is 2.75. The topological polar surface area (TPSA) is 29.3 Å². The Morgan fingerprint density at radius 3 is 2.75 bits per heavy atom. The summed E-state index contributed by atoms with van der Waals surface area (Å²) in [6.45, 7) is 7.56. The highest BCUT2D eigenvalue weighted by Crippen LogP contribution is 2.42. The van der Waals surface area contributed by atoms with Gasteiger partial charge in [-0.3, -0.25) is 0 Å². The maximum atomic E-state index is 5.70. The van der Waals surface area contributed by atoms with Crippen LogP contribution >= 0.6 is 0 Å². The Bertz CT molecular complexity index is 396. The lowest BCUT2D eigenvalue weighted by Gasteiger charge is -2.45. The predicted octanol–water partition coefficient (Wildman–Crippen LogP) is 2.87. The molecule has 1 aliphatic rings. The molecule has 0 saturated carbocycles. The van der Waals surface area contributed by atoms with E-state index in [4.69, 9.17) is 5.73 Å². The van der Waals surface area contributed by atoms with E-state index in [0.717, 1.165) is 0 Å². The molecule has 1 atom stereocenters. The molecule has 2 rings (SSSR count). The van der Waals surface area contributed by atoms with E-state index in [1.54, 1.807) is 0 Å². The van der Waals surface area contributed by atoms with Crippen LogP contribution in [0, 0.1) is 0 Å². The van der Waals surface area contributed by atoms with Crippen LogP contribution in [0.15, 0.2) is 18.2 Å². The highest BCUT2D eigenvalue weighted by molar-refractivity contribution is 5.60. The molecular formula is C14H22N2. The van der Waals surface area contributed by atoms with Crippen LogP contribution < -0.4 is 10.6 Å². The zero-order valence-corrected chi connectivity index (χ0v) is 10.7. The summed E-state index contributed by atoms with van der Waals surface area (Å²) in [6, 6.07) is 6.63. The van der Waals surface area contributed by atoms with Gasteiger partial charge in [0.1, 0.15) is 0 Å². The molecule has 0 bridgehead atoms. The summed E-state index contributed by atoms with van der Waals surface area (Å²) < 4.78 is 0. The standard InChI is InChI=1S/C14H22N2/c1-10-8-14(2,3)16(4)13-6-5-11(9-15)7-12(10)13/h5-7,10H,8-9,15H2,1-4H3. The van der Waals surface area contributed by atoms with Crippen LogP contribution in [0.2, 0.25) is 0 Å². The molecule has 1 aromatic carbocycles. The van der Waals surface area contributed by atoms with Gasteiger partial charge >= 0.3 is 0 Å². The van der Waals surface area contributed by atoms with E-state index in [0.29, 0.717) is 12.5 Å². The van der Waals surface area contributed by atoms with E-state index in [1.165, 1.54) is 23.2 Å². The molecule has 0 aromatic heterocycles. The Labute approximate surface area is 98.4 Å². The average molecular weight is 218 g/mol. The quantitative estimate of drug-likeness (QED) is 0.785. The molecule has 0 amide bonds. The number of nitrogens with two attached hydrogens (primary N) is 1. The van der Waals surface area contributed by atoms with E-state index in [9.17, 15) is 0 Å². The van der Waals surface area contributed by atoms with Gasteiger partial charge in [-0.25, -0.2) is 0 Å². The second kappa shape index (κ2) is 3.77. The third-order valence-electron chi connectivity index (χ3n) is 3.93. The van der Waals surface area contributed by atoms with E-state index in [1.807, 2.05) is 0 Å². The summed E-state index contributed by atoms with van der Waals surface area (Å²) in [5, 5.41) is 0. The van der Waals surface area contributed by atoms with Gasteiger partial charge in [0.15, 0.2) is 0 Å². The highest BCUT2D eigenvalue weighted by Gasteiger charge is 2.33. The minimum Gasteiger partial charge on any atom is -0.369 e. The lowest BCUT2D eigenvalue weighted by molar-refractivity contribution is 0.395. The van der Waals surface area contributed by atoms with Gasteiger partial charge in [-0.15, -0.1) is 0 Å². The zero-order chi connectivity index (χ0) is 11.9. The number of nitrogens with zero attached hydrogens (tertiary/aromatic N) is 1. The largest absolute Gasteiger partial charge is 0.369 e. The normalized spacial score (nSPS) is 23.1. The molecule has 2 N–H and O–H groups in total. The number of fused-ring (bicyclic) bond motifs is 1. The van der Waals surface area contributed by atoms with Crippen molar-refractivity contribution in [3.8, 4) is 0 Å². The van der Waals surface area contributed by atoms with Crippen molar-refractivity contribution < 1.29 is 0 Å². The van der Waals surface area contributed by atoms with Crippen molar-refractivity contribution in [2.45, 2.75) is 45.2 Å². The number of rotatable bonds is 1. The molecule has 88 valence electrons. The Morgan fingerprint density at radius 1 is 1.44 bits per heavy atom. The molecule has 1 unspecified atom stereocenters. The number of benzene rings is 1. The summed E-state index contributed by atoms with van der Waals surface area (Å²) in [5.41, 5.74) is 10.00. The monoisotopic (exact) mass is 218 g/mol. The second-order valence-corrected chi connectivity index (χ2v) is 5.57. The molecule has 2 nitrogen and oxygen atoms in total. The Kier molecular flexibility index (Phi) is 2.70. The lowest BCUT2D eigenvalue weighted by Crippen LogP contribution is -2.45. The van der Waals surface area contributed by atoms with Crippen molar-refractivity contribution in [1.82, 2.24) is 0 Å². The van der Waals surface area contributed by atoms with E-state index in [2.05, 4.69) is 50.9 Å². The van der Waals surface area contributed by atoms with Crippen molar-refractivity contribution in [2.24, 2.45) is 5.73 Å². The van der Waals surface area contributed by atoms with Crippen LogP contribution in [-0.2, 0) is 6.54 Å². The van der Waals surface area contributed by atoms with Gasteiger partial charge in [-0.05, 0) is 43.4 Å². The lowest BCUT2D eigenvalue weighted by atomic mass is 9.80. The summed E-state index contributed by atoms with van der Waals surface area (Å²) in [6.07, 6.45) is 1.20. The molecule has 1 aliphatic heterocycles. The van der Waals surface area contributed by atoms with Gasteiger partial charge < -0.3 is 10.6 Å². The van der Waals surface area contributed by atoms with E-state index in [-0.39, 0.29) is 5.54 Å². The first kappa shape index (κ1) is 11.5. The van der Waals surface area contributed by atoms with E-state index < -0.39 is 0 Å². The summed E-state index contributed by atoms with van der Waals surface area (Å²) in [4.78, 5) is 2.39. The minimum atomic E-state index is 0.247. The third-order valence-corrected chi connectivity index (χ3v) is 3.93. The minimum absolute atomic E-state index is 0.247. The molecule has 1 heterocycles. The average Bonchev–Trinajstić information content (AvgIpc) is 2.25. The van der Waals surface area contributed by atoms with Gasteiger partial charge in [-0.2, -0.15) is 0 Å². The van der Waals surface area contributed by atoms with Gasteiger partial charge in [0.25, 0.3) is 0 Å². The fraction of sp³-hybridized carbons (Fsp3) is 0.571. The SMILES string of the molecule is CC1CC(C)(C)N(C)c2ccc(CN)cc21. The maximum Gasteiger partial charge on any atom is 0.0403 e. The molecule has 0 saturated heterocycles.